The Hall–Kier alpha value is -3.77. The van der Waals surface area contributed by atoms with Gasteiger partial charge in [0, 0.05) is 30.1 Å². The highest BCUT2D eigenvalue weighted by molar-refractivity contribution is 5.92. The van der Waals surface area contributed by atoms with Crippen molar-refractivity contribution in [2.45, 2.75) is 19.9 Å². The van der Waals surface area contributed by atoms with Gasteiger partial charge in [-0.15, -0.1) is 0 Å². The van der Waals surface area contributed by atoms with Crippen LogP contribution in [0.15, 0.2) is 85.2 Å². The van der Waals surface area contributed by atoms with E-state index in [1.54, 1.807) is 17.1 Å². The molecule has 1 amide bonds. The van der Waals surface area contributed by atoms with Crippen molar-refractivity contribution in [1.29, 1.82) is 0 Å². The number of aromatic nitrogens is 3. The standard InChI is InChI=1S/C25H25N5O/c1-18-10-12-20(13-11-18)23-15-24(30(29-23)22-8-4-3-5-9-22)28-25(31)17-27-19(2)21-7-6-14-26-16-21/h3-16,19,27H,17H2,1-2H3,(H,28,31). The largest absolute Gasteiger partial charge is 0.309 e. The van der Waals surface area contributed by atoms with Crippen LogP contribution >= 0.6 is 0 Å². The second-order valence-corrected chi connectivity index (χ2v) is 7.47. The molecule has 0 saturated carbocycles. The van der Waals surface area contributed by atoms with Gasteiger partial charge in [-0.3, -0.25) is 9.78 Å². The first-order valence-electron chi connectivity index (χ1n) is 10.3. The van der Waals surface area contributed by atoms with Gasteiger partial charge in [0.25, 0.3) is 0 Å². The molecule has 1 unspecified atom stereocenters. The van der Waals surface area contributed by atoms with Gasteiger partial charge in [0.15, 0.2) is 0 Å². The molecule has 0 aliphatic carbocycles. The molecular formula is C25H25N5O. The fourth-order valence-electron chi connectivity index (χ4n) is 3.28. The predicted octanol–water partition coefficient (Wildman–Crippen LogP) is 4.53. The number of anilines is 1. The Kier molecular flexibility index (Phi) is 6.19. The van der Waals surface area contributed by atoms with Crippen LogP contribution in [0.25, 0.3) is 16.9 Å². The number of benzene rings is 2. The van der Waals surface area contributed by atoms with Gasteiger partial charge >= 0.3 is 0 Å². The van der Waals surface area contributed by atoms with Crippen LogP contribution in [0.1, 0.15) is 24.1 Å². The quantitative estimate of drug-likeness (QED) is 0.469. The molecule has 1 atom stereocenters. The van der Waals surface area contributed by atoms with E-state index in [2.05, 4.69) is 34.7 Å². The molecule has 0 spiro atoms. The Morgan fingerprint density at radius 3 is 2.52 bits per heavy atom. The predicted molar refractivity (Wildman–Crippen MR) is 123 cm³/mol. The van der Waals surface area contributed by atoms with Crippen LogP contribution in [0, 0.1) is 6.92 Å². The molecule has 0 aliphatic rings. The number of amides is 1. The maximum Gasteiger partial charge on any atom is 0.239 e. The van der Waals surface area contributed by atoms with Gasteiger partial charge in [-0.05, 0) is 37.6 Å². The molecule has 0 radical (unpaired) electrons. The summed E-state index contributed by atoms with van der Waals surface area (Å²) in [6, 6.07) is 23.8. The van der Waals surface area contributed by atoms with Crippen molar-refractivity contribution in [2.75, 3.05) is 11.9 Å². The van der Waals surface area contributed by atoms with E-state index in [1.165, 1.54) is 5.56 Å². The third-order valence-electron chi connectivity index (χ3n) is 5.08. The summed E-state index contributed by atoms with van der Waals surface area (Å²) >= 11 is 0. The minimum Gasteiger partial charge on any atom is -0.309 e. The first kappa shape index (κ1) is 20.5. The first-order chi connectivity index (χ1) is 15.1. The van der Waals surface area contributed by atoms with E-state index in [0.29, 0.717) is 5.82 Å². The number of hydrogen-bond donors (Lipinski definition) is 2. The molecule has 2 N–H and O–H groups in total. The molecule has 6 heteroatoms. The van der Waals surface area contributed by atoms with Gasteiger partial charge in [-0.25, -0.2) is 4.68 Å². The zero-order chi connectivity index (χ0) is 21.6. The van der Waals surface area contributed by atoms with E-state index in [1.807, 2.05) is 67.6 Å². The minimum atomic E-state index is -0.136. The van der Waals surface area contributed by atoms with Gasteiger partial charge < -0.3 is 10.6 Å². The maximum absolute atomic E-state index is 12.7. The Balaban J connectivity index is 1.53. The summed E-state index contributed by atoms with van der Waals surface area (Å²) in [7, 11) is 0. The van der Waals surface area contributed by atoms with Crippen LogP contribution < -0.4 is 10.6 Å². The van der Waals surface area contributed by atoms with Gasteiger partial charge in [0.05, 0.1) is 17.9 Å². The number of carbonyl (C=O) groups is 1. The highest BCUT2D eigenvalue weighted by Gasteiger charge is 2.14. The molecular weight excluding hydrogens is 386 g/mol. The molecule has 0 bridgehead atoms. The Labute approximate surface area is 182 Å². The summed E-state index contributed by atoms with van der Waals surface area (Å²) in [6.45, 7) is 4.24. The average Bonchev–Trinajstić information content (AvgIpc) is 3.22. The molecule has 0 saturated heterocycles. The fourth-order valence-corrected chi connectivity index (χ4v) is 3.28. The molecule has 0 fully saturated rings. The molecule has 156 valence electrons. The first-order valence-corrected chi connectivity index (χ1v) is 10.3. The summed E-state index contributed by atoms with van der Waals surface area (Å²) in [4.78, 5) is 16.8. The summed E-state index contributed by atoms with van der Waals surface area (Å²) in [5, 5.41) is 11.0. The third kappa shape index (κ3) is 5.05. The third-order valence-corrected chi connectivity index (χ3v) is 5.08. The summed E-state index contributed by atoms with van der Waals surface area (Å²) < 4.78 is 1.76. The zero-order valence-corrected chi connectivity index (χ0v) is 17.6. The second-order valence-electron chi connectivity index (χ2n) is 7.47. The van der Waals surface area contributed by atoms with E-state index >= 15 is 0 Å². The van der Waals surface area contributed by atoms with Crippen LogP contribution in [-0.2, 0) is 4.79 Å². The molecule has 0 aliphatic heterocycles. The smallest absolute Gasteiger partial charge is 0.239 e. The summed E-state index contributed by atoms with van der Waals surface area (Å²) in [6.07, 6.45) is 3.53. The fraction of sp³-hybridized carbons (Fsp3) is 0.160. The number of carbonyl (C=O) groups excluding carboxylic acids is 1. The maximum atomic E-state index is 12.7. The monoisotopic (exact) mass is 411 g/mol. The molecule has 6 nitrogen and oxygen atoms in total. The zero-order valence-electron chi connectivity index (χ0n) is 17.6. The number of rotatable bonds is 7. The Morgan fingerprint density at radius 2 is 1.81 bits per heavy atom. The molecule has 2 aromatic carbocycles. The number of nitrogens with zero attached hydrogens (tertiary/aromatic N) is 3. The minimum absolute atomic E-state index is 0.0154. The van der Waals surface area contributed by atoms with Crippen molar-refractivity contribution in [2.24, 2.45) is 0 Å². The highest BCUT2D eigenvalue weighted by Crippen LogP contribution is 2.25. The second kappa shape index (κ2) is 9.36. The van der Waals surface area contributed by atoms with Crippen LogP contribution in [-0.4, -0.2) is 27.2 Å². The van der Waals surface area contributed by atoms with Gasteiger partial charge in [-0.1, -0.05) is 54.1 Å². The van der Waals surface area contributed by atoms with Gasteiger partial charge in [0.1, 0.15) is 5.82 Å². The normalized spacial score (nSPS) is 11.8. The Morgan fingerprint density at radius 1 is 1.03 bits per heavy atom. The van der Waals surface area contributed by atoms with Crippen molar-refractivity contribution in [3.63, 3.8) is 0 Å². The Bertz CT molecular complexity index is 1140. The van der Waals surface area contributed by atoms with Crippen LogP contribution in [0.5, 0.6) is 0 Å². The number of hydrogen-bond acceptors (Lipinski definition) is 4. The lowest BCUT2D eigenvalue weighted by Gasteiger charge is -2.14. The van der Waals surface area contributed by atoms with E-state index in [4.69, 9.17) is 5.10 Å². The lowest BCUT2D eigenvalue weighted by atomic mass is 10.1. The van der Waals surface area contributed by atoms with Crippen LogP contribution in [0.3, 0.4) is 0 Å². The van der Waals surface area contributed by atoms with Crippen molar-refractivity contribution >= 4 is 11.7 Å². The molecule has 31 heavy (non-hydrogen) atoms. The molecule has 4 aromatic rings. The van der Waals surface area contributed by atoms with Crippen molar-refractivity contribution in [3.05, 3.63) is 96.3 Å². The van der Waals surface area contributed by atoms with E-state index in [-0.39, 0.29) is 18.5 Å². The van der Waals surface area contributed by atoms with E-state index in [0.717, 1.165) is 22.5 Å². The lowest BCUT2D eigenvalue weighted by molar-refractivity contribution is -0.115. The van der Waals surface area contributed by atoms with Crippen LogP contribution in [0.2, 0.25) is 0 Å². The summed E-state index contributed by atoms with van der Waals surface area (Å²) in [5.41, 5.74) is 4.91. The molecule has 4 rings (SSSR count). The average molecular weight is 412 g/mol. The number of para-hydroxylation sites is 1. The van der Waals surface area contributed by atoms with Gasteiger partial charge in [0.2, 0.25) is 5.91 Å². The molecule has 2 heterocycles. The van der Waals surface area contributed by atoms with Crippen molar-refractivity contribution in [3.8, 4) is 16.9 Å². The highest BCUT2D eigenvalue weighted by atomic mass is 16.2. The lowest BCUT2D eigenvalue weighted by Crippen LogP contribution is -2.30. The van der Waals surface area contributed by atoms with Gasteiger partial charge in [-0.2, -0.15) is 5.10 Å². The van der Waals surface area contributed by atoms with E-state index < -0.39 is 0 Å². The number of pyridine rings is 1. The topological polar surface area (TPSA) is 71.8 Å². The summed E-state index contributed by atoms with van der Waals surface area (Å²) in [5.74, 6) is 0.492. The van der Waals surface area contributed by atoms with Crippen LogP contribution in [0.4, 0.5) is 5.82 Å². The van der Waals surface area contributed by atoms with Crippen molar-refractivity contribution in [1.82, 2.24) is 20.1 Å². The number of aryl methyl sites for hydroxylation is 1. The number of nitrogens with one attached hydrogen (secondary N) is 2. The SMILES string of the molecule is Cc1ccc(-c2cc(NC(=O)CNC(C)c3cccnc3)n(-c3ccccc3)n2)cc1. The molecule has 2 aromatic heterocycles. The van der Waals surface area contributed by atoms with E-state index in [9.17, 15) is 4.79 Å². The van der Waals surface area contributed by atoms with Crippen molar-refractivity contribution < 1.29 is 4.79 Å².